The SMILES string of the molecule is Cc1ccc(C)c(C(=O)N(C)C[C@@H]2COc3ccccc3O2)c1. The van der Waals surface area contributed by atoms with Crippen molar-refractivity contribution in [3.05, 3.63) is 59.2 Å². The maximum absolute atomic E-state index is 12.7. The molecule has 0 aromatic heterocycles. The van der Waals surface area contributed by atoms with Crippen LogP contribution in [0.3, 0.4) is 0 Å². The summed E-state index contributed by atoms with van der Waals surface area (Å²) in [6, 6.07) is 13.5. The van der Waals surface area contributed by atoms with Gasteiger partial charge in [-0.15, -0.1) is 0 Å². The van der Waals surface area contributed by atoms with Crippen LogP contribution in [0.2, 0.25) is 0 Å². The van der Waals surface area contributed by atoms with Crippen molar-refractivity contribution in [2.45, 2.75) is 20.0 Å². The number of benzene rings is 2. The Balaban J connectivity index is 1.69. The van der Waals surface area contributed by atoms with Crippen LogP contribution in [-0.4, -0.2) is 37.1 Å². The molecule has 1 heterocycles. The fourth-order valence-corrected chi connectivity index (χ4v) is 2.71. The van der Waals surface area contributed by atoms with Crippen LogP contribution in [0.25, 0.3) is 0 Å². The summed E-state index contributed by atoms with van der Waals surface area (Å²) in [6.07, 6.45) is -0.163. The van der Waals surface area contributed by atoms with E-state index in [2.05, 4.69) is 0 Å². The fraction of sp³-hybridized carbons (Fsp3) is 0.316. The molecule has 0 spiro atoms. The molecule has 2 aromatic carbocycles. The van der Waals surface area contributed by atoms with Crippen LogP contribution in [0.4, 0.5) is 0 Å². The topological polar surface area (TPSA) is 38.8 Å². The summed E-state index contributed by atoms with van der Waals surface area (Å²) in [7, 11) is 1.80. The Morgan fingerprint density at radius 1 is 1.17 bits per heavy atom. The normalized spacial score (nSPS) is 16.0. The van der Waals surface area contributed by atoms with Gasteiger partial charge in [0, 0.05) is 12.6 Å². The van der Waals surface area contributed by atoms with Gasteiger partial charge in [-0.25, -0.2) is 0 Å². The lowest BCUT2D eigenvalue weighted by Crippen LogP contribution is -2.42. The summed E-state index contributed by atoms with van der Waals surface area (Å²) in [4.78, 5) is 14.4. The molecule has 0 saturated heterocycles. The van der Waals surface area contributed by atoms with Crippen molar-refractivity contribution in [3.8, 4) is 11.5 Å². The van der Waals surface area contributed by atoms with E-state index in [1.54, 1.807) is 11.9 Å². The molecule has 0 fully saturated rings. The number of nitrogens with zero attached hydrogens (tertiary/aromatic N) is 1. The van der Waals surface area contributed by atoms with Crippen LogP contribution < -0.4 is 9.47 Å². The van der Waals surface area contributed by atoms with E-state index in [1.807, 2.05) is 56.3 Å². The van der Waals surface area contributed by atoms with E-state index in [0.29, 0.717) is 13.2 Å². The van der Waals surface area contributed by atoms with E-state index in [1.165, 1.54) is 0 Å². The van der Waals surface area contributed by atoms with Gasteiger partial charge in [0.25, 0.3) is 5.91 Å². The number of para-hydroxylation sites is 2. The van der Waals surface area contributed by atoms with Gasteiger partial charge in [-0.05, 0) is 37.6 Å². The molecule has 0 N–H and O–H groups in total. The van der Waals surface area contributed by atoms with Crippen LogP contribution in [0.15, 0.2) is 42.5 Å². The van der Waals surface area contributed by atoms with Gasteiger partial charge >= 0.3 is 0 Å². The predicted molar refractivity (Wildman–Crippen MR) is 89.2 cm³/mol. The van der Waals surface area contributed by atoms with Gasteiger partial charge in [-0.1, -0.05) is 29.8 Å². The maximum Gasteiger partial charge on any atom is 0.254 e. The second kappa shape index (κ2) is 6.32. The standard InChI is InChI=1S/C19H21NO3/c1-13-8-9-14(2)16(10-13)19(21)20(3)11-15-12-22-17-6-4-5-7-18(17)23-15/h4-10,15H,11-12H2,1-3H3/t15-/m1/s1. The molecule has 1 aliphatic heterocycles. The first-order valence-electron chi connectivity index (χ1n) is 7.76. The van der Waals surface area contributed by atoms with Crippen molar-refractivity contribution in [1.29, 1.82) is 0 Å². The number of likely N-dealkylation sites (N-methyl/N-ethyl adjacent to an activating group) is 1. The Morgan fingerprint density at radius 2 is 1.91 bits per heavy atom. The Kier molecular flexibility index (Phi) is 4.24. The van der Waals surface area contributed by atoms with Crippen molar-refractivity contribution in [1.82, 2.24) is 4.90 Å². The number of hydrogen-bond donors (Lipinski definition) is 0. The number of amides is 1. The van der Waals surface area contributed by atoms with E-state index in [4.69, 9.17) is 9.47 Å². The molecule has 0 radical (unpaired) electrons. The van der Waals surface area contributed by atoms with Gasteiger partial charge < -0.3 is 14.4 Å². The smallest absolute Gasteiger partial charge is 0.254 e. The Bertz CT molecular complexity index is 726. The minimum absolute atomic E-state index is 0.00802. The van der Waals surface area contributed by atoms with E-state index in [9.17, 15) is 4.79 Å². The molecule has 2 aromatic rings. The lowest BCUT2D eigenvalue weighted by molar-refractivity contribution is 0.0520. The molecule has 120 valence electrons. The Hall–Kier alpha value is -2.49. The van der Waals surface area contributed by atoms with Crippen molar-refractivity contribution in [2.75, 3.05) is 20.2 Å². The van der Waals surface area contributed by atoms with Gasteiger partial charge in [0.15, 0.2) is 17.6 Å². The van der Waals surface area contributed by atoms with Crippen molar-refractivity contribution < 1.29 is 14.3 Å². The first-order valence-corrected chi connectivity index (χ1v) is 7.76. The first kappa shape index (κ1) is 15.4. The monoisotopic (exact) mass is 311 g/mol. The van der Waals surface area contributed by atoms with Crippen molar-refractivity contribution in [3.63, 3.8) is 0 Å². The summed E-state index contributed by atoms with van der Waals surface area (Å²) < 4.78 is 11.6. The lowest BCUT2D eigenvalue weighted by Gasteiger charge is -2.29. The van der Waals surface area contributed by atoms with Crippen LogP contribution in [-0.2, 0) is 0 Å². The highest BCUT2D eigenvalue weighted by molar-refractivity contribution is 5.95. The zero-order chi connectivity index (χ0) is 16.4. The third kappa shape index (κ3) is 3.31. The number of rotatable bonds is 3. The van der Waals surface area contributed by atoms with E-state index in [0.717, 1.165) is 28.2 Å². The number of hydrogen-bond acceptors (Lipinski definition) is 3. The minimum Gasteiger partial charge on any atom is -0.486 e. The van der Waals surface area contributed by atoms with Gasteiger partial charge in [-0.2, -0.15) is 0 Å². The van der Waals surface area contributed by atoms with Crippen LogP contribution in [0, 0.1) is 13.8 Å². The van der Waals surface area contributed by atoms with Crippen LogP contribution in [0.1, 0.15) is 21.5 Å². The largest absolute Gasteiger partial charge is 0.486 e. The Labute approximate surface area is 136 Å². The van der Waals surface area contributed by atoms with E-state index in [-0.39, 0.29) is 12.0 Å². The van der Waals surface area contributed by atoms with Gasteiger partial charge in [0.05, 0.1) is 6.54 Å². The highest BCUT2D eigenvalue weighted by atomic mass is 16.6. The average Bonchev–Trinajstić information content (AvgIpc) is 2.56. The van der Waals surface area contributed by atoms with Crippen molar-refractivity contribution >= 4 is 5.91 Å². The second-order valence-corrected chi connectivity index (χ2v) is 6.00. The molecule has 0 unspecified atom stereocenters. The quantitative estimate of drug-likeness (QED) is 0.873. The lowest BCUT2D eigenvalue weighted by atomic mass is 10.0. The fourth-order valence-electron chi connectivity index (χ4n) is 2.71. The number of carbonyl (C=O) groups excluding carboxylic acids is 1. The third-order valence-electron chi connectivity index (χ3n) is 4.02. The number of aryl methyl sites for hydroxylation is 2. The molecule has 0 aliphatic carbocycles. The average molecular weight is 311 g/mol. The van der Waals surface area contributed by atoms with Gasteiger partial charge in [0.1, 0.15) is 6.61 Å². The number of ether oxygens (including phenoxy) is 2. The van der Waals surface area contributed by atoms with E-state index >= 15 is 0 Å². The molecule has 3 rings (SSSR count). The zero-order valence-electron chi connectivity index (χ0n) is 13.7. The summed E-state index contributed by atoms with van der Waals surface area (Å²) in [5.74, 6) is 1.50. The summed E-state index contributed by atoms with van der Waals surface area (Å²) >= 11 is 0. The molecule has 0 bridgehead atoms. The molecule has 4 heteroatoms. The maximum atomic E-state index is 12.7. The second-order valence-electron chi connectivity index (χ2n) is 6.00. The van der Waals surface area contributed by atoms with Crippen LogP contribution >= 0.6 is 0 Å². The first-order chi connectivity index (χ1) is 11.0. The molecule has 1 amide bonds. The summed E-state index contributed by atoms with van der Waals surface area (Å²) in [6.45, 7) is 4.88. The molecule has 1 aliphatic rings. The number of carbonyl (C=O) groups is 1. The minimum atomic E-state index is -0.163. The summed E-state index contributed by atoms with van der Waals surface area (Å²) in [5, 5.41) is 0. The van der Waals surface area contributed by atoms with Gasteiger partial charge in [-0.3, -0.25) is 4.79 Å². The highest BCUT2D eigenvalue weighted by Crippen LogP contribution is 2.31. The highest BCUT2D eigenvalue weighted by Gasteiger charge is 2.24. The number of fused-ring (bicyclic) bond motifs is 1. The predicted octanol–water partition coefficient (Wildman–Crippen LogP) is 3.22. The molecule has 0 saturated carbocycles. The molecular formula is C19H21NO3. The molecular weight excluding hydrogens is 290 g/mol. The zero-order valence-corrected chi connectivity index (χ0v) is 13.7. The molecule has 23 heavy (non-hydrogen) atoms. The molecule has 4 nitrogen and oxygen atoms in total. The van der Waals surface area contributed by atoms with Gasteiger partial charge in [0.2, 0.25) is 0 Å². The van der Waals surface area contributed by atoms with E-state index < -0.39 is 0 Å². The van der Waals surface area contributed by atoms with Crippen LogP contribution in [0.5, 0.6) is 11.5 Å². The third-order valence-corrected chi connectivity index (χ3v) is 4.02. The van der Waals surface area contributed by atoms with Crippen molar-refractivity contribution in [2.24, 2.45) is 0 Å². The Morgan fingerprint density at radius 3 is 2.70 bits per heavy atom. The summed E-state index contributed by atoms with van der Waals surface area (Å²) in [5.41, 5.74) is 2.81. The molecule has 1 atom stereocenters.